The molecule has 82 valence electrons. The van der Waals surface area contributed by atoms with Crippen LogP contribution in [0.2, 0.25) is 0 Å². The lowest BCUT2D eigenvalue weighted by Crippen LogP contribution is -2.08. The minimum absolute atomic E-state index is 0.223. The van der Waals surface area contributed by atoms with Crippen LogP contribution in [0.5, 0.6) is 0 Å². The van der Waals surface area contributed by atoms with Gasteiger partial charge < -0.3 is 9.26 Å². The van der Waals surface area contributed by atoms with Crippen LogP contribution >= 0.6 is 7.82 Å². The van der Waals surface area contributed by atoms with E-state index < -0.39 is 13.8 Å². The molecular formula is C7H13O6P. The molecule has 0 fully saturated rings. The molecular weight excluding hydrogens is 211 g/mol. The van der Waals surface area contributed by atoms with Gasteiger partial charge in [-0.25, -0.2) is 9.36 Å². The molecule has 0 unspecified atom stereocenters. The summed E-state index contributed by atoms with van der Waals surface area (Å²) in [5, 5.41) is 0. The third-order valence-electron chi connectivity index (χ3n) is 1.31. The monoisotopic (exact) mass is 224 g/mol. The average Bonchev–Trinajstić information content (AvgIpc) is 2.24. The van der Waals surface area contributed by atoms with Gasteiger partial charge >= 0.3 is 13.8 Å². The molecule has 6 nitrogen and oxygen atoms in total. The number of allylic oxidation sites excluding steroid dienone is 1. The molecule has 0 N–H and O–H groups in total. The van der Waals surface area contributed by atoms with Crippen molar-refractivity contribution in [2.45, 2.75) is 6.92 Å². The third kappa shape index (κ3) is 3.49. The minimum atomic E-state index is -3.69. The van der Waals surface area contributed by atoms with Crippen LogP contribution in [0.4, 0.5) is 0 Å². The number of ether oxygens (including phenoxy) is 1. The summed E-state index contributed by atoms with van der Waals surface area (Å²) < 4.78 is 29.5. The molecule has 0 radical (unpaired) electrons. The van der Waals surface area contributed by atoms with Crippen LogP contribution in [0, 0.1) is 0 Å². The Labute approximate surface area is 82.4 Å². The number of hydrogen-bond donors (Lipinski definition) is 0. The molecule has 0 saturated heterocycles. The van der Waals surface area contributed by atoms with Crippen molar-refractivity contribution in [3.8, 4) is 0 Å². The lowest BCUT2D eigenvalue weighted by atomic mass is 10.5. The van der Waals surface area contributed by atoms with E-state index in [0.717, 1.165) is 14.2 Å². The molecule has 0 aliphatic rings. The van der Waals surface area contributed by atoms with Gasteiger partial charge in [-0.3, -0.25) is 9.05 Å². The van der Waals surface area contributed by atoms with Crippen LogP contribution in [0.3, 0.4) is 0 Å². The lowest BCUT2D eigenvalue weighted by Gasteiger charge is -2.14. The highest BCUT2D eigenvalue weighted by Gasteiger charge is 2.28. The zero-order valence-corrected chi connectivity index (χ0v) is 9.37. The van der Waals surface area contributed by atoms with Crippen LogP contribution < -0.4 is 0 Å². The van der Waals surface area contributed by atoms with Gasteiger partial charge in [-0.2, -0.15) is 0 Å². The summed E-state index contributed by atoms with van der Waals surface area (Å²) in [4.78, 5) is 11.0. The van der Waals surface area contributed by atoms with Gasteiger partial charge in [0.2, 0.25) is 5.76 Å². The summed E-state index contributed by atoms with van der Waals surface area (Å²) in [6.45, 7) is 1.53. The predicted molar refractivity (Wildman–Crippen MR) is 48.5 cm³/mol. The van der Waals surface area contributed by atoms with Gasteiger partial charge in [0.05, 0.1) is 7.11 Å². The Morgan fingerprint density at radius 2 is 1.71 bits per heavy atom. The van der Waals surface area contributed by atoms with Gasteiger partial charge in [0, 0.05) is 14.2 Å². The first-order chi connectivity index (χ1) is 6.52. The van der Waals surface area contributed by atoms with Crippen molar-refractivity contribution in [1.29, 1.82) is 0 Å². The Morgan fingerprint density at radius 1 is 1.21 bits per heavy atom. The Bertz CT molecular complexity index is 263. The summed E-state index contributed by atoms with van der Waals surface area (Å²) in [6, 6.07) is 0. The maximum Gasteiger partial charge on any atom is 0.529 e. The SMILES string of the molecule is C/C=C(/OP(=O)(OC)OC)C(=O)OC. The molecule has 7 heteroatoms. The third-order valence-corrected chi connectivity index (χ3v) is 2.62. The van der Waals surface area contributed by atoms with Gasteiger partial charge in [-0.05, 0) is 13.0 Å². The molecule has 0 spiro atoms. The molecule has 0 aromatic heterocycles. The van der Waals surface area contributed by atoms with E-state index in [9.17, 15) is 9.36 Å². The lowest BCUT2D eigenvalue weighted by molar-refractivity contribution is -0.138. The number of esters is 1. The first-order valence-electron chi connectivity index (χ1n) is 3.68. The fourth-order valence-corrected chi connectivity index (χ4v) is 1.30. The van der Waals surface area contributed by atoms with Crippen molar-refractivity contribution in [2.24, 2.45) is 0 Å². The number of methoxy groups -OCH3 is 1. The normalized spacial score (nSPS) is 12.4. The van der Waals surface area contributed by atoms with E-state index in [4.69, 9.17) is 4.52 Å². The number of phosphoric ester groups is 1. The van der Waals surface area contributed by atoms with Crippen LogP contribution in [-0.2, 0) is 27.7 Å². The molecule has 0 rings (SSSR count). The number of rotatable bonds is 5. The molecule has 0 aliphatic carbocycles. The standard InChI is InChI=1S/C7H13O6P/c1-5-6(7(8)10-2)13-14(9,11-3)12-4/h5H,1-4H3/b6-5+. The molecule has 0 aromatic rings. The summed E-state index contributed by atoms with van der Waals surface area (Å²) in [5.74, 6) is -0.971. The smallest absolute Gasteiger partial charge is 0.463 e. The topological polar surface area (TPSA) is 71.1 Å². The summed E-state index contributed by atoms with van der Waals surface area (Å²) >= 11 is 0. The molecule has 14 heavy (non-hydrogen) atoms. The maximum absolute atomic E-state index is 11.4. The molecule has 0 heterocycles. The zero-order chi connectivity index (χ0) is 11.2. The first-order valence-corrected chi connectivity index (χ1v) is 5.14. The van der Waals surface area contributed by atoms with E-state index in [2.05, 4.69) is 13.8 Å². The van der Waals surface area contributed by atoms with Crippen molar-refractivity contribution >= 4 is 13.8 Å². The predicted octanol–water partition coefficient (Wildman–Crippen LogP) is 1.48. The van der Waals surface area contributed by atoms with E-state index >= 15 is 0 Å². The Hall–Kier alpha value is -0.840. The van der Waals surface area contributed by atoms with E-state index in [-0.39, 0.29) is 5.76 Å². The van der Waals surface area contributed by atoms with E-state index in [0.29, 0.717) is 0 Å². The van der Waals surface area contributed by atoms with Crippen LogP contribution in [-0.4, -0.2) is 27.3 Å². The molecule has 0 saturated carbocycles. The van der Waals surface area contributed by atoms with E-state index in [1.54, 1.807) is 0 Å². The first kappa shape index (κ1) is 13.2. The Balaban J connectivity index is 4.63. The highest BCUT2D eigenvalue weighted by molar-refractivity contribution is 7.48. The number of phosphoric acid groups is 1. The van der Waals surface area contributed by atoms with E-state index in [1.807, 2.05) is 0 Å². The molecule has 0 bridgehead atoms. The van der Waals surface area contributed by atoms with Crippen molar-refractivity contribution in [1.82, 2.24) is 0 Å². The molecule has 0 aliphatic heterocycles. The van der Waals surface area contributed by atoms with Crippen molar-refractivity contribution < 1.29 is 27.7 Å². The fourth-order valence-electron chi connectivity index (χ4n) is 0.578. The number of carbonyl (C=O) groups excluding carboxylic acids is 1. The molecule has 0 amide bonds. The van der Waals surface area contributed by atoms with Gasteiger partial charge in [0.25, 0.3) is 0 Å². The fraction of sp³-hybridized carbons (Fsp3) is 0.571. The Kier molecular flexibility index (Phi) is 5.45. The average molecular weight is 224 g/mol. The van der Waals surface area contributed by atoms with Crippen molar-refractivity contribution in [3.05, 3.63) is 11.8 Å². The molecule has 0 atom stereocenters. The second kappa shape index (κ2) is 5.80. The van der Waals surface area contributed by atoms with Gasteiger partial charge in [0.15, 0.2) is 0 Å². The summed E-state index contributed by atoms with van der Waals surface area (Å²) in [5.41, 5.74) is 0. The zero-order valence-electron chi connectivity index (χ0n) is 8.47. The second-order valence-corrected chi connectivity index (χ2v) is 3.86. The minimum Gasteiger partial charge on any atom is -0.463 e. The number of hydrogen-bond acceptors (Lipinski definition) is 6. The van der Waals surface area contributed by atoms with Gasteiger partial charge in [-0.15, -0.1) is 0 Å². The van der Waals surface area contributed by atoms with Crippen LogP contribution in [0.1, 0.15) is 6.92 Å². The van der Waals surface area contributed by atoms with Crippen molar-refractivity contribution in [2.75, 3.05) is 21.3 Å². The van der Waals surface area contributed by atoms with Crippen LogP contribution in [0.15, 0.2) is 11.8 Å². The summed E-state index contributed by atoms with van der Waals surface area (Å²) in [6.07, 6.45) is 1.30. The highest BCUT2D eigenvalue weighted by atomic mass is 31.2. The summed E-state index contributed by atoms with van der Waals surface area (Å²) in [7, 11) is -0.214. The quantitative estimate of drug-likeness (QED) is 0.305. The van der Waals surface area contributed by atoms with Crippen LogP contribution in [0.25, 0.3) is 0 Å². The Morgan fingerprint density at radius 3 is 2.00 bits per heavy atom. The van der Waals surface area contributed by atoms with Gasteiger partial charge in [0.1, 0.15) is 0 Å². The maximum atomic E-state index is 11.4. The number of carbonyl (C=O) groups is 1. The van der Waals surface area contributed by atoms with E-state index in [1.165, 1.54) is 20.1 Å². The molecule has 0 aromatic carbocycles. The highest BCUT2D eigenvalue weighted by Crippen LogP contribution is 2.49. The van der Waals surface area contributed by atoms with Gasteiger partial charge in [-0.1, -0.05) is 0 Å². The van der Waals surface area contributed by atoms with Crippen molar-refractivity contribution in [3.63, 3.8) is 0 Å². The largest absolute Gasteiger partial charge is 0.529 e. The second-order valence-electron chi connectivity index (χ2n) is 2.05.